The predicted octanol–water partition coefficient (Wildman–Crippen LogP) is 3.37. The number of carboxylic acids is 1. The second kappa shape index (κ2) is 6.88. The number of aryl methyl sites for hydroxylation is 1. The molecule has 1 heterocycles. The standard InChI is InChI=1S/C17H20N2O2/c1-3-15-10-14(17(20)21)11-16(18-15)19(4-2)12-13-8-6-5-7-9-13/h5-11H,3-4,12H2,1-2H3,(H,20,21). The first-order valence-corrected chi connectivity index (χ1v) is 7.17. The minimum Gasteiger partial charge on any atom is -0.478 e. The van der Waals surface area contributed by atoms with Gasteiger partial charge in [-0.1, -0.05) is 37.3 Å². The van der Waals surface area contributed by atoms with Crippen molar-refractivity contribution in [1.82, 2.24) is 4.98 Å². The van der Waals surface area contributed by atoms with Crippen LogP contribution in [0.4, 0.5) is 5.82 Å². The normalized spacial score (nSPS) is 10.4. The van der Waals surface area contributed by atoms with Gasteiger partial charge in [0, 0.05) is 18.8 Å². The zero-order valence-corrected chi connectivity index (χ0v) is 12.4. The largest absolute Gasteiger partial charge is 0.478 e. The highest BCUT2D eigenvalue weighted by atomic mass is 16.4. The van der Waals surface area contributed by atoms with Crippen molar-refractivity contribution < 1.29 is 9.90 Å². The monoisotopic (exact) mass is 284 g/mol. The number of benzene rings is 1. The molecule has 2 aromatic rings. The van der Waals surface area contributed by atoms with Crippen molar-refractivity contribution in [2.24, 2.45) is 0 Å². The van der Waals surface area contributed by atoms with Crippen LogP contribution in [0.25, 0.3) is 0 Å². The molecule has 0 saturated heterocycles. The number of hydrogen-bond donors (Lipinski definition) is 1. The number of rotatable bonds is 6. The lowest BCUT2D eigenvalue weighted by Gasteiger charge is -2.23. The van der Waals surface area contributed by atoms with Gasteiger partial charge in [-0.2, -0.15) is 0 Å². The topological polar surface area (TPSA) is 53.4 Å². The van der Waals surface area contributed by atoms with E-state index in [4.69, 9.17) is 0 Å². The number of carboxylic acid groups (broad SMARTS) is 1. The molecule has 0 amide bonds. The molecule has 1 aromatic heterocycles. The second-order valence-corrected chi connectivity index (χ2v) is 4.86. The molecule has 21 heavy (non-hydrogen) atoms. The van der Waals surface area contributed by atoms with Crippen LogP contribution in [0, 0.1) is 0 Å². The molecular weight excluding hydrogens is 264 g/mol. The molecule has 0 spiro atoms. The zero-order chi connectivity index (χ0) is 15.2. The molecule has 0 saturated carbocycles. The van der Waals surface area contributed by atoms with Gasteiger partial charge in [0.2, 0.25) is 0 Å². The summed E-state index contributed by atoms with van der Waals surface area (Å²) in [7, 11) is 0. The van der Waals surface area contributed by atoms with Gasteiger partial charge in [0.1, 0.15) is 5.82 Å². The van der Waals surface area contributed by atoms with Crippen LogP contribution < -0.4 is 4.90 Å². The number of aromatic carboxylic acids is 1. The Kier molecular flexibility index (Phi) is 4.93. The lowest BCUT2D eigenvalue weighted by Crippen LogP contribution is -2.24. The number of nitrogens with zero attached hydrogens (tertiary/aromatic N) is 2. The Morgan fingerprint density at radius 2 is 1.90 bits per heavy atom. The van der Waals surface area contributed by atoms with Crippen LogP contribution in [0.3, 0.4) is 0 Å². The second-order valence-electron chi connectivity index (χ2n) is 4.86. The van der Waals surface area contributed by atoms with Crippen LogP contribution in [0.5, 0.6) is 0 Å². The van der Waals surface area contributed by atoms with Crippen LogP contribution in [-0.2, 0) is 13.0 Å². The van der Waals surface area contributed by atoms with Crippen molar-refractivity contribution in [2.75, 3.05) is 11.4 Å². The summed E-state index contributed by atoms with van der Waals surface area (Å²) < 4.78 is 0. The summed E-state index contributed by atoms with van der Waals surface area (Å²) in [6.07, 6.45) is 0.719. The first-order chi connectivity index (χ1) is 10.1. The van der Waals surface area contributed by atoms with Crippen molar-refractivity contribution in [2.45, 2.75) is 26.8 Å². The summed E-state index contributed by atoms with van der Waals surface area (Å²) in [5.74, 6) is -0.192. The fourth-order valence-corrected chi connectivity index (χ4v) is 2.20. The molecule has 0 aliphatic rings. The van der Waals surface area contributed by atoms with E-state index in [0.29, 0.717) is 5.56 Å². The average molecular weight is 284 g/mol. The Labute approximate surface area is 125 Å². The van der Waals surface area contributed by atoms with Crippen molar-refractivity contribution >= 4 is 11.8 Å². The van der Waals surface area contributed by atoms with E-state index in [1.165, 1.54) is 5.56 Å². The third-order valence-corrected chi connectivity index (χ3v) is 3.40. The van der Waals surface area contributed by atoms with Crippen LogP contribution in [0.15, 0.2) is 42.5 Å². The van der Waals surface area contributed by atoms with E-state index < -0.39 is 5.97 Å². The summed E-state index contributed by atoms with van der Waals surface area (Å²) in [5, 5.41) is 9.23. The molecule has 4 heteroatoms. The fourth-order valence-electron chi connectivity index (χ4n) is 2.20. The first kappa shape index (κ1) is 15.0. The predicted molar refractivity (Wildman–Crippen MR) is 83.7 cm³/mol. The third kappa shape index (κ3) is 3.81. The highest BCUT2D eigenvalue weighted by molar-refractivity contribution is 5.88. The maximum Gasteiger partial charge on any atom is 0.335 e. The lowest BCUT2D eigenvalue weighted by atomic mass is 10.1. The number of hydrogen-bond acceptors (Lipinski definition) is 3. The first-order valence-electron chi connectivity index (χ1n) is 7.17. The molecule has 0 atom stereocenters. The minimum absolute atomic E-state index is 0.295. The van der Waals surface area contributed by atoms with E-state index in [0.717, 1.165) is 31.0 Å². The Balaban J connectivity index is 2.32. The highest BCUT2D eigenvalue weighted by Gasteiger charge is 2.12. The Bertz CT molecular complexity index is 611. The SMILES string of the molecule is CCc1cc(C(=O)O)cc(N(CC)Cc2ccccc2)n1. The molecule has 4 nitrogen and oxygen atoms in total. The maximum atomic E-state index is 11.2. The quantitative estimate of drug-likeness (QED) is 0.883. The Morgan fingerprint density at radius 1 is 1.19 bits per heavy atom. The summed E-state index contributed by atoms with van der Waals surface area (Å²) in [6, 6.07) is 13.4. The van der Waals surface area contributed by atoms with Crippen LogP contribution in [0.2, 0.25) is 0 Å². The molecule has 1 aromatic carbocycles. The number of pyridine rings is 1. The van der Waals surface area contributed by atoms with Gasteiger partial charge >= 0.3 is 5.97 Å². The maximum absolute atomic E-state index is 11.2. The Hall–Kier alpha value is -2.36. The minimum atomic E-state index is -0.913. The summed E-state index contributed by atoms with van der Waals surface area (Å²) in [6.45, 7) is 5.51. The van der Waals surface area contributed by atoms with Crippen molar-refractivity contribution in [1.29, 1.82) is 0 Å². The number of anilines is 1. The molecular formula is C17H20N2O2. The Morgan fingerprint density at radius 3 is 2.48 bits per heavy atom. The third-order valence-electron chi connectivity index (χ3n) is 3.40. The molecule has 0 aliphatic heterocycles. The molecule has 0 aliphatic carbocycles. The lowest BCUT2D eigenvalue weighted by molar-refractivity contribution is 0.0696. The van der Waals surface area contributed by atoms with Gasteiger partial charge in [0.05, 0.1) is 5.56 Å². The van der Waals surface area contributed by atoms with E-state index in [1.807, 2.05) is 32.0 Å². The van der Waals surface area contributed by atoms with E-state index in [9.17, 15) is 9.90 Å². The van der Waals surface area contributed by atoms with Gasteiger partial charge in [0.15, 0.2) is 0 Å². The van der Waals surface area contributed by atoms with Gasteiger partial charge in [-0.3, -0.25) is 0 Å². The summed E-state index contributed by atoms with van der Waals surface area (Å²) in [5.41, 5.74) is 2.28. The average Bonchev–Trinajstić information content (AvgIpc) is 2.53. The highest BCUT2D eigenvalue weighted by Crippen LogP contribution is 2.18. The molecule has 0 radical (unpaired) electrons. The van der Waals surface area contributed by atoms with Gasteiger partial charge in [-0.15, -0.1) is 0 Å². The molecule has 0 bridgehead atoms. The molecule has 0 fully saturated rings. The van der Waals surface area contributed by atoms with E-state index in [2.05, 4.69) is 22.0 Å². The number of carbonyl (C=O) groups is 1. The van der Waals surface area contributed by atoms with E-state index in [1.54, 1.807) is 12.1 Å². The van der Waals surface area contributed by atoms with Crippen LogP contribution in [0.1, 0.15) is 35.5 Å². The van der Waals surface area contributed by atoms with E-state index in [-0.39, 0.29) is 0 Å². The summed E-state index contributed by atoms with van der Waals surface area (Å²) in [4.78, 5) is 17.9. The number of aromatic nitrogens is 1. The zero-order valence-electron chi connectivity index (χ0n) is 12.4. The molecule has 1 N–H and O–H groups in total. The van der Waals surface area contributed by atoms with Gasteiger partial charge < -0.3 is 10.0 Å². The van der Waals surface area contributed by atoms with Gasteiger partial charge in [0.25, 0.3) is 0 Å². The molecule has 0 unspecified atom stereocenters. The van der Waals surface area contributed by atoms with E-state index >= 15 is 0 Å². The fraction of sp³-hybridized carbons (Fsp3) is 0.294. The van der Waals surface area contributed by atoms with Crippen LogP contribution >= 0.6 is 0 Å². The summed E-state index contributed by atoms with van der Waals surface area (Å²) >= 11 is 0. The van der Waals surface area contributed by atoms with Crippen LogP contribution in [-0.4, -0.2) is 22.6 Å². The smallest absolute Gasteiger partial charge is 0.335 e. The van der Waals surface area contributed by atoms with Crippen molar-refractivity contribution in [3.8, 4) is 0 Å². The molecule has 110 valence electrons. The van der Waals surface area contributed by atoms with Gasteiger partial charge in [-0.25, -0.2) is 9.78 Å². The molecule has 2 rings (SSSR count). The van der Waals surface area contributed by atoms with Crippen molar-refractivity contribution in [3.63, 3.8) is 0 Å². The van der Waals surface area contributed by atoms with Gasteiger partial charge in [-0.05, 0) is 31.0 Å². The van der Waals surface area contributed by atoms with Crippen molar-refractivity contribution in [3.05, 3.63) is 59.3 Å².